The van der Waals surface area contributed by atoms with Gasteiger partial charge in [-0.1, -0.05) is 41.9 Å². The fourth-order valence-corrected chi connectivity index (χ4v) is 2.46. The number of halogens is 2. The van der Waals surface area contributed by atoms with Crippen LogP contribution in [-0.2, 0) is 0 Å². The van der Waals surface area contributed by atoms with E-state index in [0.717, 1.165) is 6.07 Å². The van der Waals surface area contributed by atoms with E-state index in [9.17, 15) is 14.0 Å². The van der Waals surface area contributed by atoms with Gasteiger partial charge >= 0.3 is 0 Å². The van der Waals surface area contributed by atoms with Gasteiger partial charge in [0.05, 0.1) is 5.02 Å². The molecule has 0 heterocycles. The average molecular weight is 275 g/mol. The Bertz CT molecular complexity index is 674. The number of rotatable bonds is 1. The van der Waals surface area contributed by atoms with Crippen molar-refractivity contribution < 1.29 is 14.0 Å². The summed E-state index contributed by atoms with van der Waals surface area (Å²) in [5.74, 6) is -2.16. The highest BCUT2D eigenvalue weighted by Gasteiger charge is 2.39. The molecule has 0 saturated carbocycles. The van der Waals surface area contributed by atoms with Crippen molar-refractivity contribution in [1.29, 1.82) is 0 Å². The first-order valence-corrected chi connectivity index (χ1v) is 6.10. The molecule has 0 aliphatic heterocycles. The van der Waals surface area contributed by atoms with Crippen LogP contribution in [0.15, 0.2) is 42.5 Å². The molecular formula is C15H8ClFO2. The highest BCUT2D eigenvalue weighted by Crippen LogP contribution is 2.34. The molecule has 94 valence electrons. The first-order valence-electron chi connectivity index (χ1n) is 5.72. The monoisotopic (exact) mass is 274 g/mol. The van der Waals surface area contributed by atoms with Crippen LogP contribution in [0.5, 0.6) is 0 Å². The lowest BCUT2D eigenvalue weighted by Gasteiger charge is -2.07. The topological polar surface area (TPSA) is 34.1 Å². The van der Waals surface area contributed by atoms with Crippen LogP contribution in [0, 0.1) is 5.82 Å². The third-order valence-electron chi connectivity index (χ3n) is 3.26. The Labute approximate surface area is 113 Å². The Hall–Kier alpha value is -2.00. The van der Waals surface area contributed by atoms with E-state index in [1.165, 1.54) is 12.1 Å². The maximum absolute atomic E-state index is 13.5. The van der Waals surface area contributed by atoms with E-state index in [-0.39, 0.29) is 16.6 Å². The second-order valence-corrected chi connectivity index (χ2v) is 4.79. The van der Waals surface area contributed by atoms with Crippen molar-refractivity contribution in [2.24, 2.45) is 0 Å². The van der Waals surface area contributed by atoms with E-state index in [1.807, 2.05) is 0 Å². The van der Waals surface area contributed by atoms with Crippen LogP contribution in [0.1, 0.15) is 32.2 Å². The highest BCUT2D eigenvalue weighted by atomic mass is 35.5. The summed E-state index contributed by atoms with van der Waals surface area (Å²) in [4.78, 5) is 24.5. The molecule has 19 heavy (non-hydrogen) atoms. The lowest BCUT2D eigenvalue weighted by Crippen LogP contribution is -2.13. The number of carbonyl (C=O) groups is 2. The zero-order valence-corrected chi connectivity index (χ0v) is 10.4. The highest BCUT2D eigenvalue weighted by molar-refractivity contribution is 6.31. The Morgan fingerprint density at radius 3 is 2.05 bits per heavy atom. The molecule has 0 radical (unpaired) electrons. The fraction of sp³-hybridized carbons (Fsp3) is 0.0667. The smallest absolute Gasteiger partial charge is 0.178 e. The molecule has 0 unspecified atom stereocenters. The van der Waals surface area contributed by atoms with Crippen molar-refractivity contribution in [3.05, 3.63) is 70.0 Å². The SMILES string of the molecule is O=C1c2ccccc2C(=O)C1c1ccc(Cl)c(F)c1. The van der Waals surface area contributed by atoms with Gasteiger partial charge in [-0.05, 0) is 17.7 Å². The maximum Gasteiger partial charge on any atom is 0.178 e. The molecule has 0 amide bonds. The van der Waals surface area contributed by atoms with E-state index in [2.05, 4.69) is 0 Å². The third kappa shape index (κ3) is 1.78. The number of carbonyl (C=O) groups excluding carboxylic acids is 2. The van der Waals surface area contributed by atoms with Gasteiger partial charge in [0.2, 0.25) is 0 Å². The molecule has 4 heteroatoms. The predicted molar refractivity (Wildman–Crippen MR) is 69.3 cm³/mol. The van der Waals surface area contributed by atoms with Crippen molar-refractivity contribution in [3.63, 3.8) is 0 Å². The van der Waals surface area contributed by atoms with E-state index < -0.39 is 11.7 Å². The molecule has 0 spiro atoms. The summed E-state index contributed by atoms with van der Waals surface area (Å²) < 4.78 is 13.5. The molecule has 3 rings (SSSR count). The number of Topliss-reactive ketones (excluding diaryl/α,β-unsaturated/α-hetero) is 2. The van der Waals surface area contributed by atoms with Crippen molar-refractivity contribution >= 4 is 23.2 Å². The maximum atomic E-state index is 13.5. The van der Waals surface area contributed by atoms with E-state index in [0.29, 0.717) is 16.7 Å². The van der Waals surface area contributed by atoms with Crippen LogP contribution in [0.25, 0.3) is 0 Å². The number of hydrogen-bond acceptors (Lipinski definition) is 2. The summed E-state index contributed by atoms with van der Waals surface area (Å²) in [6, 6.07) is 10.6. The first-order chi connectivity index (χ1) is 9.09. The lowest BCUT2D eigenvalue weighted by molar-refractivity contribution is 0.0890. The molecule has 0 aromatic heterocycles. The molecular weight excluding hydrogens is 267 g/mol. The van der Waals surface area contributed by atoms with Gasteiger partial charge in [0.15, 0.2) is 11.6 Å². The zero-order valence-electron chi connectivity index (χ0n) is 9.69. The van der Waals surface area contributed by atoms with Gasteiger partial charge < -0.3 is 0 Å². The molecule has 1 aliphatic rings. The Morgan fingerprint density at radius 2 is 1.53 bits per heavy atom. The molecule has 0 saturated heterocycles. The quantitative estimate of drug-likeness (QED) is 0.744. The molecule has 0 atom stereocenters. The van der Waals surface area contributed by atoms with Gasteiger partial charge in [-0.25, -0.2) is 4.39 Å². The minimum absolute atomic E-state index is 0.0286. The zero-order chi connectivity index (χ0) is 13.6. The summed E-state index contributed by atoms with van der Waals surface area (Å²) in [7, 11) is 0. The Balaban J connectivity index is 2.11. The number of ketones is 2. The van der Waals surface area contributed by atoms with Crippen LogP contribution < -0.4 is 0 Å². The van der Waals surface area contributed by atoms with Crippen LogP contribution >= 0.6 is 11.6 Å². The number of fused-ring (bicyclic) bond motifs is 1. The molecule has 0 N–H and O–H groups in total. The largest absolute Gasteiger partial charge is 0.293 e. The molecule has 0 fully saturated rings. The lowest BCUT2D eigenvalue weighted by atomic mass is 9.94. The first kappa shape index (κ1) is 12.1. The van der Waals surface area contributed by atoms with Crippen LogP contribution in [-0.4, -0.2) is 11.6 Å². The van der Waals surface area contributed by atoms with Crippen molar-refractivity contribution in [1.82, 2.24) is 0 Å². The van der Waals surface area contributed by atoms with E-state index in [1.54, 1.807) is 24.3 Å². The van der Waals surface area contributed by atoms with Gasteiger partial charge in [-0.15, -0.1) is 0 Å². The van der Waals surface area contributed by atoms with Crippen LogP contribution in [0.4, 0.5) is 4.39 Å². The van der Waals surface area contributed by atoms with Gasteiger partial charge in [0.1, 0.15) is 11.7 Å². The minimum Gasteiger partial charge on any atom is -0.293 e. The predicted octanol–water partition coefficient (Wildman–Crippen LogP) is 3.64. The summed E-state index contributed by atoms with van der Waals surface area (Å²) >= 11 is 5.60. The Kier molecular flexibility index (Phi) is 2.72. The second-order valence-electron chi connectivity index (χ2n) is 4.38. The fourth-order valence-electron chi connectivity index (χ4n) is 2.34. The van der Waals surface area contributed by atoms with E-state index in [4.69, 9.17) is 11.6 Å². The van der Waals surface area contributed by atoms with E-state index >= 15 is 0 Å². The molecule has 2 aromatic carbocycles. The third-order valence-corrected chi connectivity index (χ3v) is 3.57. The summed E-state index contributed by atoms with van der Waals surface area (Å²) in [5.41, 5.74) is 1.13. The van der Waals surface area contributed by atoms with Gasteiger partial charge in [0, 0.05) is 11.1 Å². The number of benzene rings is 2. The molecule has 2 aromatic rings. The molecule has 2 nitrogen and oxygen atoms in total. The Morgan fingerprint density at radius 1 is 0.947 bits per heavy atom. The van der Waals surface area contributed by atoms with Crippen LogP contribution in [0.2, 0.25) is 5.02 Å². The van der Waals surface area contributed by atoms with Crippen LogP contribution in [0.3, 0.4) is 0 Å². The van der Waals surface area contributed by atoms with Crippen molar-refractivity contribution in [2.75, 3.05) is 0 Å². The van der Waals surface area contributed by atoms with Crippen molar-refractivity contribution in [2.45, 2.75) is 5.92 Å². The van der Waals surface area contributed by atoms with Gasteiger partial charge in [-0.2, -0.15) is 0 Å². The number of hydrogen-bond donors (Lipinski definition) is 0. The summed E-state index contributed by atoms with van der Waals surface area (Å²) in [6.45, 7) is 0. The molecule has 1 aliphatic carbocycles. The summed E-state index contributed by atoms with van der Waals surface area (Å²) in [5, 5.41) is -0.0286. The molecule has 0 bridgehead atoms. The summed E-state index contributed by atoms with van der Waals surface area (Å²) in [6.07, 6.45) is 0. The second kappa shape index (κ2) is 4.28. The van der Waals surface area contributed by atoms with Gasteiger partial charge in [0.25, 0.3) is 0 Å². The average Bonchev–Trinajstić information content (AvgIpc) is 2.66. The minimum atomic E-state index is -0.954. The standard InChI is InChI=1S/C15H8ClFO2/c16-11-6-5-8(7-12(11)17)13-14(18)9-3-1-2-4-10(9)15(13)19/h1-7,13H. The normalized spacial score (nSPS) is 14.8. The van der Waals surface area contributed by atoms with Crippen molar-refractivity contribution in [3.8, 4) is 0 Å². The van der Waals surface area contributed by atoms with Gasteiger partial charge in [-0.3, -0.25) is 9.59 Å².